The summed E-state index contributed by atoms with van der Waals surface area (Å²) >= 11 is 1.78. The summed E-state index contributed by atoms with van der Waals surface area (Å²) in [5, 5.41) is 3.64. The van der Waals surface area contributed by atoms with Crippen LogP contribution in [0.4, 0.5) is 0 Å². The molecule has 0 spiro atoms. The van der Waals surface area contributed by atoms with Gasteiger partial charge in [-0.05, 0) is 36.8 Å². The van der Waals surface area contributed by atoms with Crippen molar-refractivity contribution in [3.63, 3.8) is 0 Å². The van der Waals surface area contributed by atoms with Crippen molar-refractivity contribution < 1.29 is 4.74 Å². The Labute approximate surface area is 116 Å². The Kier molecular flexibility index (Phi) is 6.76. The van der Waals surface area contributed by atoms with Gasteiger partial charge in [-0.15, -0.1) is 11.8 Å². The van der Waals surface area contributed by atoms with Crippen LogP contribution >= 0.6 is 11.8 Å². The summed E-state index contributed by atoms with van der Waals surface area (Å²) in [4.78, 5) is 1.31. The average molecular weight is 267 g/mol. The van der Waals surface area contributed by atoms with Crippen molar-refractivity contribution in [3.05, 3.63) is 29.8 Å². The molecule has 1 aromatic rings. The minimum absolute atomic E-state index is 0.350. The molecule has 0 aliphatic rings. The highest BCUT2D eigenvalue weighted by molar-refractivity contribution is 7.98. The summed E-state index contributed by atoms with van der Waals surface area (Å²) in [5.74, 6) is 0.567. The van der Waals surface area contributed by atoms with Crippen LogP contribution < -0.4 is 5.32 Å². The number of benzene rings is 1. The Bertz CT molecular complexity index is 337. The summed E-state index contributed by atoms with van der Waals surface area (Å²) < 4.78 is 5.27. The zero-order valence-corrected chi connectivity index (χ0v) is 12.9. The normalized spacial score (nSPS) is 14.8. The van der Waals surface area contributed by atoms with E-state index in [1.807, 2.05) is 0 Å². The molecule has 3 heteroatoms. The molecule has 1 aromatic carbocycles. The molecule has 0 saturated heterocycles. The Morgan fingerprint density at radius 1 is 1.17 bits per heavy atom. The highest BCUT2D eigenvalue weighted by Crippen LogP contribution is 2.20. The van der Waals surface area contributed by atoms with Crippen LogP contribution in [0.3, 0.4) is 0 Å². The fourth-order valence-electron chi connectivity index (χ4n) is 1.92. The van der Waals surface area contributed by atoms with Crippen LogP contribution in [0.5, 0.6) is 0 Å². The molecule has 2 nitrogen and oxygen atoms in total. The molecule has 0 aliphatic heterocycles. The van der Waals surface area contributed by atoms with E-state index in [4.69, 9.17) is 4.74 Å². The monoisotopic (exact) mass is 267 g/mol. The van der Waals surface area contributed by atoms with E-state index >= 15 is 0 Å². The molecular formula is C15H25NOS. The molecule has 0 amide bonds. The minimum Gasteiger partial charge on any atom is -0.383 e. The van der Waals surface area contributed by atoms with Crippen LogP contribution in [0.15, 0.2) is 29.2 Å². The van der Waals surface area contributed by atoms with Crippen molar-refractivity contribution in [1.82, 2.24) is 5.32 Å². The standard InChI is InChI=1S/C15H25NOS/c1-11(2)15(10-17-4)16-12(3)13-6-8-14(18-5)9-7-13/h6-9,11-12,15-16H,10H2,1-5H3. The van der Waals surface area contributed by atoms with Gasteiger partial charge in [0.2, 0.25) is 0 Å². The third-order valence-electron chi connectivity index (χ3n) is 3.23. The van der Waals surface area contributed by atoms with Gasteiger partial charge in [-0.3, -0.25) is 0 Å². The van der Waals surface area contributed by atoms with Gasteiger partial charge in [0.15, 0.2) is 0 Å². The fourth-order valence-corrected chi connectivity index (χ4v) is 2.33. The third kappa shape index (κ3) is 4.63. The molecule has 18 heavy (non-hydrogen) atoms. The number of rotatable bonds is 7. The summed E-state index contributed by atoms with van der Waals surface area (Å²) in [6, 6.07) is 9.51. The Morgan fingerprint density at radius 2 is 1.78 bits per heavy atom. The maximum atomic E-state index is 5.27. The second-order valence-corrected chi connectivity index (χ2v) is 5.85. The van der Waals surface area contributed by atoms with Gasteiger partial charge in [0.05, 0.1) is 6.61 Å². The first-order valence-corrected chi connectivity index (χ1v) is 7.70. The summed E-state index contributed by atoms with van der Waals surface area (Å²) in [7, 11) is 1.76. The van der Waals surface area contributed by atoms with Crippen LogP contribution in [0.25, 0.3) is 0 Å². The van der Waals surface area contributed by atoms with E-state index in [0.29, 0.717) is 18.0 Å². The Morgan fingerprint density at radius 3 is 2.22 bits per heavy atom. The van der Waals surface area contributed by atoms with E-state index in [9.17, 15) is 0 Å². The van der Waals surface area contributed by atoms with Gasteiger partial charge in [-0.25, -0.2) is 0 Å². The predicted octanol–water partition coefficient (Wildman–Crippen LogP) is 3.73. The highest BCUT2D eigenvalue weighted by Gasteiger charge is 2.16. The van der Waals surface area contributed by atoms with Gasteiger partial charge in [0.25, 0.3) is 0 Å². The maximum Gasteiger partial charge on any atom is 0.0618 e. The van der Waals surface area contributed by atoms with Crippen LogP contribution in [-0.4, -0.2) is 26.0 Å². The molecule has 0 bridgehead atoms. The van der Waals surface area contributed by atoms with Crippen LogP contribution in [0.2, 0.25) is 0 Å². The van der Waals surface area contributed by atoms with Crippen molar-refractivity contribution in [3.8, 4) is 0 Å². The molecule has 102 valence electrons. The summed E-state index contributed by atoms with van der Waals surface area (Å²) in [6.45, 7) is 7.41. The van der Waals surface area contributed by atoms with E-state index in [2.05, 4.69) is 56.6 Å². The molecule has 0 heterocycles. The molecule has 0 radical (unpaired) electrons. The second-order valence-electron chi connectivity index (χ2n) is 4.97. The lowest BCUT2D eigenvalue weighted by Crippen LogP contribution is -2.39. The molecular weight excluding hydrogens is 242 g/mol. The van der Waals surface area contributed by atoms with E-state index in [1.54, 1.807) is 18.9 Å². The third-order valence-corrected chi connectivity index (χ3v) is 3.97. The van der Waals surface area contributed by atoms with Crippen LogP contribution in [0.1, 0.15) is 32.4 Å². The lowest BCUT2D eigenvalue weighted by molar-refractivity contribution is 0.141. The quantitative estimate of drug-likeness (QED) is 0.761. The fraction of sp³-hybridized carbons (Fsp3) is 0.600. The van der Waals surface area contributed by atoms with Crippen molar-refractivity contribution in [2.45, 2.75) is 37.8 Å². The predicted molar refractivity (Wildman–Crippen MR) is 80.3 cm³/mol. The van der Waals surface area contributed by atoms with Gasteiger partial charge < -0.3 is 10.1 Å². The molecule has 1 rings (SSSR count). The lowest BCUT2D eigenvalue weighted by Gasteiger charge is -2.26. The SMILES string of the molecule is COCC(NC(C)c1ccc(SC)cc1)C(C)C. The first-order valence-electron chi connectivity index (χ1n) is 6.47. The molecule has 0 saturated carbocycles. The largest absolute Gasteiger partial charge is 0.383 e. The molecule has 2 atom stereocenters. The number of ether oxygens (including phenoxy) is 1. The Balaban J connectivity index is 2.64. The smallest absolute Gasteiger partial charge is 0.0618 e. The van der Waals surface area contributed by atoms with E-state index < -0.39 is 0 Å². The van der Waals surface area contributed by atoms with Gasteiger partial charge >= 0.3 is 0 Å². The Hall–Kier alpha value is -0.510. The first kappa shape index (κ1) is 15.5. The minimum atomic E-state index is 0.350. The van der Waals surface area contributed by atoms with E-state index in [0.717, 1.165) is 6.61 Å². The van der Waals surface area contributed by atoms with Gasteiger partial charge in [-0.1, -0.05) is 26.0 Å². The molecule has 0 aliphatic carbocycles. The van der Waals surface area contributed by atoms with Gasteiger partial charge in [-0.2, -0.15) is 0 Å². The second kappa shape index (κ2) is 7.82. The average Bonchev–Trinajstić information content (AvgIpc) is 2.38. The van der Waals surface area contributed by atoms with Crippen LogP contribution in [-0.2, 0) is 4.74 Å². The van der Waals surface area contributed by atoms with Crippen molar-refractivity contribution >= 4 is 11.8 Å². The van der Waals surface area contributed by atoms with Crippen molar-refractivity contribution in [2.75, 3.05) is 20.0 Å². The summed E-state index contributed by atoms with van der Waals surface area (Å²) in [5.41, 5.74) is 1.33. The van der Waals surface area contributed by atoms with E-state index in [1.165, 1.54) is 10.5 Å². The van der Waals surface area contributed by atoms with Crippen molar-refractivity contribution in [1.29, 1.82) is 0 Å². The maximum absolute atomic E-state index is 5.27. The van der Waals surface area contributed by atoms with Gasteiger partial charge in [0.1, 0.15) is 0 Å². The van der Waals surface area contributed by atoms with E-state index in [-0.39, 0.29) is 0 Å². The first-order chi connectivity index (χ1) is 8.58. The molecule has 2 unspecified atom stereocenters. The highest BCUT2D eigenvalue weighted by atomic mass is 32.2. The summed E-state index contributed by atoms with van der Waals surface area (Å²) in [6.07, 6.45) is 2.10. The van der Waals surface area contributed by atoms with Gasteiger partial charge in [0, 0.05) is 24.1 Å². The zero-order valence-electron chi connectivity index (χ0n) is 12.1. The number of hydrogen-bond donors (Lipinski definition) is 1. The number of hydrogen-bond acceptors (Lipinski definition) is 3. The number of thioether (sulfide) groups is 1. The zero-order chi connectivity index (χ0) is 13.5. The molecule has 0 aromatic heterocycles. The number of methoxy groups -OCH3 is 1. The molecule has 1 N–H and O–H groups in total. The number of nitrogens with one attached hydrogen (secondary N) is 1. The molecule has 0 fully saturated rings. The lowest BCUT2D eigenvalue weighted by atomic mass is 10.0. The van der Waals surface area contributed by atoms with Crippen LogP contribution in [0, 0.1) is 5.92 Å². The van der Waals surface area contributed by atoms with Crippen molar-refractivity contribution in [2.24, 2.45) is 5.92 Å². The topological polar surface area (TPSA) is 21.3 Å².